The van der Waals surface area contributed by atoms with Crippen LogP contribution in [0.1, 0.15) is 24.5 Å². The van der Waals surface area contributed by atoms with Crippen LogP contribution in [0, 0.1) is 18.8 Å². The van der Waals surface area contributed by atoms with E-state index >= 15 is 0 Å². The number of likely N-dealkylation sites (tertiary alicyclic amines) is 1. The first kappa shape index (κ1) is 16.6. The SMILES string of the molecule is Cc1cc(CNC(=O)N2CC(C)CC(C(=O)O)C2)ccc1Cl. The lowest BCUT2D eigenvalue weighted by Crippen LogP contribution is -2.49. The Morgan fingerprint density at radius 3 is 2.77 bits per heavy atom. The molecule has 1 aromatic carbocycles. The van der Waals surface area contributed by atoms with Gasteiger partial charge in [-0.25, -0.2) is 4.79 Å². The zero-order valence-corrected chi connectivity index (χ0v) is 13.6. The number of rotatable bonds is 3. The highest BCUT2D eigenvalue weighted by Crippen LogP contribution is 2.22. The third-order valence-electron chi connectivity index (χ3n) is 3.96. The Balaban J connectivity index is 1.93. The molecule has 22 heavy (non-hydrogen) atoms. The van der Waals surface area contributed by atoms with Crippen molar-refractivity contribution < 1.29 is 14.7 Å². The van der Waals surface area contributed by atoms with Gasteiger partial charge in [0.15, 0.2) is 0 Å². The predicted molar refractivity (Wildman–Crippen MR) is 84.9 cm³/mol. The highest BCUT2D eigenvalue weighted by atomic mass is 35.5. The molecule has 0 radical (unpaired) electrons. The van der Waals surface area contributed by atoms with Gasteiger partial charge in [0.25, 0.3) is 0 Å². The van der Waals surface area contributed by atoms with Gasteiger partial charge in [-0.05, 0) is 36.5 Å². The van der Waals surface area contributed by atoms with Crippen molar-refractivity contribution in [2.45, 2.75) is 26.8 Å². The highest BCUT2D eigenvalue weighted by molar-refractivity contribution is 6.31. The predicted octanol–water partition coefficient (Wildman–Crippen LogP) is 2.90. The van der Waals surface area contributed by atoms with Crippen LogP contribution in [-0.2, 0) is 11.3 Å². The lowest BCUT2D eigenvalue weighted by atomic mass is 9.91. The lowest BCUT2D eigenvalue weighted by molar-refractivity contribution is -0.143. The molecule has 1 aromatic rings. The van der Waals surface area contributed by atoms with Crippen molar-refractivity contribution in [1.29, 1.82) is 0 Å². The third-order valence-corrected chi connectivity index (χ3v) is 4.39. The molecule has 1 heterocycles. The van der Waals surface area contributed by atoms with Gasteiger partial charge >= 0.3 is 12.0 Å². The maximum atomic E-state index is 12.2. The molecule has 1 aliphatic rings. The highest BCUT2D eigenvalue weighted by Gasteiger charge is 2.31. The number of aryl methyl sites for hydroxylation is 1. The van der Waals surface area contributed by atoms with Crippen LogP contribution in [-0.4, -0.2) is 35.1 Å². The molecule has 2 amide bonds. The van der Waals surface area contributed by atoms with Crippen molar-refractivity contribution >= 4 is 23.6 Å². The van der Waals surface area contributed by atoms with E-state index in [1.807, 2.05) is 32.0 Å². The van der Waals surface area contributed by atoms with Crippen LogP contribution in [0.3, 0.4) is 0 Å². The molecule has 0 aliphatic carbocycles. The molecule has 6 heteroatoms. The smallest absolute Gasteiger partial charge is 0.317 e. The van der Waals surface area contributed by atoms with Gasteiger partial charge in [-0.3, -0.25) is 4.79 Å². The van der Waals surface area contributed by atoms with Crippen LogP contribution >= 0.6 is 11.6 Å². The second-order valence-corrected chi connectivity index (χ2v) is 6.43. The van der Waals surface area contributed by atoms with E-state index in [9.17, 15) is 9.59 Å². The van der Waals surface area contributed by atoms with Gasteiger partial charge < -0.3 is 15.3 Å². The topological polar surface area (TPSA) is 69.6 Å². The molecule has 0 spiro atoms. The number of carboxylic acid groups (broad SMARTS) is 1. The zero-order chi connectivity index (χ0) is 16.3. The first-order chi connectivity index (χ1) is 10.4. The van der Waals surface area contributed by atoms with Gasteiger partial charge in [0, 0.05) is 24.7 Å². The minimum absolute atomic E-state index is 0.193. The van der Waals surface area contributed by atoms with Crippen molar-refractivity contribution in [3.05, 3.63) is 34.3 Å². The zero-order valence-electron chi connectivity index (χ0n) is 12.8. The molecule has 120 valence electrons. The summed E-state index contributed by atoms with van der Waals surface area (Å²) < 4.78 is 0. The molecule has 2 rings (SSSR count). The van der Waals surface area contributed by atoms with E-state index in [1.54, 1.807) is 4.90 Å². The number of hydrogen-bond acceptors (Lipinski definition) is 2. The van der Waals surface area contributed by atoms with E-state index in [0.29, 0.717) is 24.5 Å². The monoisotopic (exact) mass is 324 g/mol. The fourth-order valence-electron chi connectivity index (χ4n) is 2.80. The van der Waals surface area contributed by atoms with Crippen LogP contribution in [0.2, 0.25) is 5.02 Å². The molecule has 2 N–H and O–H groups in total. The molecular weight excluding hydrogens is 304 g/mol. The second-order valence-electron chi connectivity index (χ2n) is 6.02. The number of nitrogens with zero attached hydrogens (tertiary/aromatic N) is 1. The maximum Gasteiger partial charge on any atom is 0.317 e. The summed E-state index contributed by atoms with van der Waals surface area (Å²) in [6, 6.07) is 5.39. The number of urea groups is 1. The maximum absolute atomic E-state index is 12.2. The molecule has 0 bridgehead atoms. The Morgan fingerprint density at radius 1 is 1.41 bits per heavy atom. The summed E-state index contributed by atoms with van der Waals surface area (Å²) >= 11 is 5.98. The minimum Gasteiger partial charge on any atom is -0.481 e. The number of piperidine rings is 1. The summed E-state index contributed by atoms with van der Waals surface area (Å²) in [4.78, 5) is 25.0. The Bertz CT molecular complexity index is 577. The van der Waals surface area contributed by atoms with Gasteiger partial charge in [-0.1, -0.05) is 30.7 Å². The fraction of sp³-hybridized carbons (Fsp3) is 0.500. The summed E-state index contributed by atoms with van der Waals surface area (Å²) in [6.07, 6.45) is 0.621. The number of hydrogen-bond donors (Lipinski definition) is 2. The molecule has 0 saturated carbocycles. The van der Waals surface area contributed by atoms with Crippen molar-refractivity contribution in [3.8, 4) is 0 Å². The molecular formula is C16H21ClN2O3. The number of carboxylic acids is 1. The summed E-state index contributed by atoms with van der Waals surface area (Å²) in [6.45, 7) is 5.15. The third kappa shape index (κ3) is 4.13. The first-order valence-corrected chi connectivity index (χ1v) is 7.75. The van der Waals surface area contributed by atoms with E-state index in [-0.39, 0.29) is 18.5 Å². The number of benzene rings is 1. The van der Waals surface area contributed by atoms with Crippen LogP contribution in [0.4, 0.5) is 4.79 Å². The normalized spacial score (nSPS) is 21.5. The van der Waals surface area contributed by atoms with Gasteiger partial charge in [-0.15, -0.1) is 0 Å². The average molecular weight is 325 g/mol. The summed E-state index contributed by atoms with van der Waals surface area (Å²) in [5, 5.41) is 12.7. The number of carbonyl (C=O) groups excluding carboxylic acids is 1. The van der Waals surface area contributed by atoms with Crippen molar-refractivity contribution in [3.63, 3.8) is 0 Å². The summed E-state index contributed by atoms with van der Waals surface area (Å²) in [5.74, 6) is -1.12. The van der Waals surface area contributed by atoms with E-state index in [4.69, 9.17) is 16.7 Å². The average Bonchev–Trinajstić information content (AvgIpc) is 2.47. The first-order valence-electron chi connectivity index (χ1n) is 7.37. The van der Waals surface area contributed by atoms with Crippen LogP contribution in [0.15, 0.2) is 18.2 Å². The number of carbonyl (C=O) groups is 2. The molecule has 1 fully saturated rings. The molecule has 1 saturated heterocycles. The van der Waals surface area contributed by atoms with E-state index in [0.717, 1.165) is 11.1 Å². The van der Waals surface area contributed by atoms with Gasteiger partial charge in [0.1, 0.15) is 0 Å². The van der Waals surface area contributed by atoms with Crippen molar-refractivity contribution in [2.75, 3.05) is 13.1 Å². The van der Waals surface area contributed by atoms with Crippen LogP contribution in [0.25, 0.3) is 0 Å². The lowest BCUT2D eigenvalue weighted by Gasteiger charge is -2.34. The number of halogens is 1. The minimum atomic E-state index is -0.835. The number of aliphatic carboxylic acids is 1. The molecule has 0 aromatic heterocycles. The summed E-state index contributed by atoms with van der Waals surface area (Å²) in [7, 11) is 0. The van der Waals surface area contributed by atoms with Crippen LogP contribution < -0.4 is 5.32 Å². The molecule has 5 nitrogen and oxygen atoms in total. The van der Waals surface area contributed by atoms with Crippen molar-refractivity contribution in [1.82, 2.24) is 10.2 Å². The second kappa shape index (κ2) is 7.01. The summed E-state index contributed by atoms with van der Waals surface area (Å²) in [5.41, 5.74) is 1.93. The van der Waals surface area contributed by atoms with E-state index in [1.165, 1.54) is 0 Å². The van der Waals surface area contributed by atoms with Gasteiger partial charge in [0.05, 0.1) is 5.92 Å². The van der Waals surface area contributed by atoms with Gasteiger partial charge in [0.2, 0.25) is 0 Å². The Hall–Kier alpha value is -1.75. The number of nitrogens with one attached hydrogen (secondary N) is 1. The van der Waals surface area contributed by atoms with E-state index in [2.05, 4.69) is 5.32 Å². The molecule has 2 atom stereocenters. The largest absolute Gasteiger partial charge is 0.481 e. The fourth-order valence-corrected chi connectivity index (χ4v) is 2.92. The quantitative estimate of drug-likeness (QED) is 0.898. The van der Waals surface area contributed by atoms with Gasteiger partial charge in [-0.2, -0.15) is 0 Å². The van der Waals surface area contributed by atoms with Crippen molar-refractivity contribution in [2.24, 2.45) is 11.8 Å². The number of amides is 2. The van der Waals surface area contributed by atoms with Crippen LogP contribution in [0.5, 0.6) is 0 Å². The molecule has 2 unspecified atom stereocenters. The Kier molecular flexibility index (Phi) is 5.29. The molecule has 1 aliphatic heterocycles. The Labute approximate surface area is 135 Å². The van der Waals surface area contributed by atoms with E-state index < -0.39 is 11.9 Å². The standard InChI is InChI=1S/C16H21ClN2O3/c1-10-5-13(15(20)21)9-19(8-10)16(22)18-7-12-3-4-14(17)11(2)6-12/h3-4,6,10,13H,5,7-9H2,1-2H3,(H,18,22)(H,20,21). The Morgan fingerprint density at radius 2 is 2.14 bits per heavy atom.